The molecule has 2 atom stereocenters. The first-order valence-corrected chi connectivity index (χ1v) is 7.76. The number of sulfonamides is 1. The van der Waals surface area contributed by atoms with E-state index in [1.807, 2.05) is 0 Å². The van der Waals surface area contributed by atoms with E-state index in [9.17, 15) is 8.42 Å². The fourth-order valence-corrected chi connectivity index (χ4v) is 4.87. The second-order valence-electron chi connectivity index (χ2n) is 5.06. The molecule has 19 heavy (non-hydrogen) atoms. The van der Waals surface area contributed by atoms with Crippen molar-refractivity contribution >= 4 is 22.4 Å². The van der Waals surface area contributed by atoms with Crippen molar-refractivity contribution in [3.63, 3.8) is 0 Å². The molecule has 0 radical (unpaired) electrons. The molecule has 2 saturated heterocycles. The molecule has 8 heteroatoms. The summed E-state index contributed by atoms with van der Waals surface area (Å²) in [7, 11) is -1.66. The highest BCUT2D eigenvalue weighted by Gasteiger charge is 2.43. The lowest BCUT2D eigenvalue weighted by atomic mass is 10.1. The number of halogens is 1. The summed E-state index contributed by atoms with van der Waals surface area (Å²) in [5, 5.41) is 7.28. The average Bonchev–Trinajstić information content (AvgIpc) is 2.82. The minimum Gasteiger partial charge on any atom is -0.315 e. The van der Waals surface area contributed by atoms with Crippen LogP contribution in [0.3, 0.4) is 0 Å². The van der Waals surface area contributed by atoms with Crippen molar-refractivity contribution in [3.8, 4) is 0 Å². The van der Waals surface area contributed by atoms with Gasteiger partial charge in [0.25, 0.3) is 0 Å². The van der Waals surface area contributed by atoms with Crippen molar-refractivity contribution in [3.05, 3.63) is 12.4 Å². The molecule has 6 nitrogen and oxygen atoms in total. The zero-order chi connectivity index (χ0) is 12.8. The van der Waals surface area contributed by atoms with Gasteiger partial charge in [-0.25, -0.2) is 8.42 Å². The van der Waals surface area contributed by atoms with Crippen molar-refractivity contribution in [1.29, 1.82) is 0 Å². The normalized spacial score (nSPS) is 27.8. The van der Waals surface area contributed by atoms with Crippen LogP contribution in [-0.2, 0) is 17.1 Å². The van der Waals surface area contributed by atoms with Gasteiger partial charge in [-0.15, -0.1) is 12.4 Å². The Labute approximate surface area is 119 Å². The molecule has 3 heterocycles. The highest BCUT2D eigenvalue weighted by atomic mass is 35.5. The zero-order valence-corrected chi connectivity index (χ0v) is 12.5. The van der Waals surface area contributed by atoms with Gasteiger partial charge in [0, 0.05) is 31.9 Å². The number of rotatable bonds is 2. The number of nitrogens with one attached hydrogen (secondary N) is 1. The number of aromatic nitrogens is 2. The van der Waals surface area contributed by atoms with Gasteiger partial charge in [0.05, 0.1) is 6.20 Å². The van der Waals surface area contributed by atoms with E-state index in [2.05, 4.69) is 10.4 Å². The first-order chi connectivity index (χ1) is 8.59. The molecule has 2 bridgehead atoms. The summed E-state index contributed by atoms with van der Waals surface area (Å²) in [6, 6.07) is 0.248. The van der Waals surface area contributed by atoms with Gasteiger partial charge in [-0.05, 0) is 25.8 Å². The Morgan fingerprint density at radius 3 is 2.74 bits per heavy atom. The quantitative estimate of drug-likeness (QED) is 0.856. The summed E-state index contributed by atoms with van der Waals surface area (Å²) >= 11 is 0. The van der Waals surface area contributed by atoms with E-state index in [0.29, 0.717) is 4.90 Å². The molecule has 0 spiro atoms. The highest BCUT2D eigenvalue weighted by molar-refractivity contribution is 7.89. The second-order valence-corrected chi connectivity index (χ2v) is 6.91. The summed E-state index contributed by atoms with van der Waals surface area (Å²) in [4.78, 5) is 0.309. The molecule has 0 aliphatic carbocycles. The lowest BCUT2D eigenvalue weighted by Crippen LogP contribution is -2.42. The summed E-state index contributed by atoms with van der Waals surface area (Å²) in [6.07, 6.45) is 5.85. The highest BCUT2D eigenvalue weighted by Crippen LogP contribution is 2.33. The molecule has 2 aliphatic rings. The Morgan fingerprint density at radius 2 is 2.05 bits per heavy atom. The third-order valence-electron chi connectivity index (χ3n) is 3.84. The first-order valence-electron chi connectivity index (χ1n) is 6.32. The minimum absolute atomic E-state index is 0. The maximum Gasteiger partial charge on any atom is 0.246 e. The Kier molecular flexibility index (Phi) is 4.20. The lowest BCUT2D eigenvalue weighted by Gasteiger charge is -2.26. The van der Waals surface area contributed by atoms with E-state index in [-0.39, 0.29) is 24.5 Å². The van der Waals surface area contributed by atoms with Crippen molar-refractivity contribution in [1.82, 2.24) is 19.4 Å². The summed E-state index contributed by atoms with van der Waals surface area (Å²) < 4.78 is 28.6. The topological polar surface area (TPSA) is 67.2 Å². The maximum atomic E-state index is 12.7. The molecule has 2 fully saturated rings. The molecule has 3 rings (SSSR count). The Bertz CT molecular complexity index is 531. The van der Waals surface area contributed by atoms with Crippen LogP contribution in [0.15, 0.2) is 17.3 Å². The largest absolute Gasteiger partial charge is 0.315 e. The van der Waals surface area contributed by atoms with E-state index in [1.165, 1.54) is 10.9 Å². The van der Waals surface area contributed by atoms with Crippen molar-refractivity contribution in [2.75, 3.05) is 13.1 Å². The summed E-state index contributed by atoms with van der Waals surface area (Å²) in [5.74, 6) is 0. The average molecular weight is 307 g/mol. The van der Waals surface area contributed by atoms with Gasteiger partial charge in [0.2, 0.25) is 10.0 Å². The lowest BCUT2D eigenvalue weighted by molar-refractivity contribution is 0.334. The molecule has 1 aromatic heterocycles. The predicted octanol–water partition coefficient (Wildman–Crippen LogP) is 0.357. The van der Waals surface area contributed by atoms with Crippen LogP contribution in [0.2, 0.25) is 0 Å². The van der Waals surface area contributed by atoms with Crippen LogP contribution in [0.5, 0.6) is 0 Å². The zero-order valence-electron chi connectivity index (χ0n) is 10.8. The number of hydrogen-bond donors (Lipinski definition) is 1. The van der Waals surface area contributed by atoms with Crippen LogP contribution in [0.4, 0.5) is 0 Å². The van der Waals surface area contributed by atoms with E-state index in [1.54, 1.807) is 17.5 Å². The molecule has 0 aromatic carbocycles. The van der Waals surface area contributed by atoms with Crippen molar-refractivity contribution < 1.29 is 8.42 Å². The third kappa shape index (κ3) is 2.52. The SMILES string of the molecule is Cl.Cn1cc(S(=O)(=O)N2C3CCNCC2CC3)cn1. The van der Waals surface area contributed by atoms with Gasteiger partial charge in [0.15, 0.2) is 0 Å². The van der Waals surface area contributed by atoms with Crippen LogP contribution >= 0.6 is 12.4 Å². The molecule has 108 valence electrons. The van der Waals surface area contributed by atoms with E-state index < -0.39 is 10.0 Å². The van der Waals surface area contributed by atoms with Crippen LogP contribution in [0.1, 0.15) is 19.3 Å². The fraction of sp³-hybridized carbons (Fsp3) is 0.727. The molecular weight excluding hydrogens is 288 g/mol. The van der Waals surface area contributed by atoms with Gasteiger partial charge >= 0.3 is 0 Å². The monoisotopic (exact) mass is 306 g/mol. The van der Waals surface area contributed by atoms with Crippen LogP contribution < -0.4 is 5.32 Å². The number of nitrogens with zero attached hydrogens (tertiary/aromatic N) is 3. The van der Waals surface area contributed by atoms with Crippen LogP contribution in [-0.4, -0.2) is 47.7 Å². The van der Waals surface area contributed by atoms with Crippen LogP contribution in [0.25, 0.3) is 0 Å². The van der Waals surface area contributed by atoms with Gasteiger partial charge in [0.1, 0.15) is 4.90 Å². The number of fused-ring (bicyclic) bond motifs is 2. The molecule has 0 amide bonds. The molecule has 2 unspecified atom stereocenters. The van der Waals surface area contributed by atoms with Gasteiger partial charge in [-0.2, -0.15) is 9.40 Å². The molecular formula is C11H19ClN4O2S. The van der Waals surface area contributed by atoms with Crippen molar-refractivity contribution in [2.45, 2.75) is 36.2 Å². The standard InChI is InChI=1S/C11H18N4O2S.ClH/c1-14-8-11(7-13-14)18(16,17)15-9-2-3-10(15)6-12-5-4-9;/h7-10,12H,2-6H2,1H3;1H. The smallest absolute Gasteiger partial charge is 0.246 e. The summed E-state index contributed by atoms with van der Waals surface area (Å²) in [5.41, 5.74) is 0. The molecule has 0 saturated carbocycles. The van der Waals surface area contributed by atoms with Crippen molar-refractivity contribution in [2.24, 2.45) is 7.05 Å². The predicted molar refractivity (Wildman–Crippen MR) is 73.8 cm³/mol. The Morgan fingerprint density at radius 1 is 1.32 bits per heavy atom. The third-order valence-corrected chi connectivity index (χ3v) is 5.80. The molecule has 1 N–H and O–H groups in total. The minimum atomic E-state index is -3.39. The van der Waals surface area contributed by atoms with Crippen LogP contribution in [0, 0.1) is 0 Å². The first kappa shape index (κ1) is 14.8. The fourth-order valence-electron chi connectivity index (χ4n) is 2.98. The van der Waals surface area contributed by atoms with Gasteiger partial charge < -0.3 is 5.32 Å². The Hall–Kier alpha value is -0.630. The van der Waals surface area contributed by atoms with Gasteiger partial charge in [-0.3, -0.25) is 4.68 Å². The summed E-state index contributed by atoms with van der Waals surface area (Å²) in [6.45, 7) is 1.66. The second kappa shape index (κ2) is 5.40. The molecule has 2 aliphatic heterocycles. The maximum absolute atomic E-state index is 12.7. The van der Waals surface area contributed by atoms with E-state index in [4.69, 9.17) is 0 Å². The molecule has 1 aromatic rings. The van der Waals surface area contributed by atoms with E-state index >= 15 is 0 Å². The number of hydrogen-bond acceptors (Lipinski definition) is 4. The van der Waals surface area contributed by atoms with Gasteiger partial charge in [-0.1, -0.05) is 0 Å². The number of aryl methyl sites for hydroxylation is 1. The van der Waals surface area contributed by atoms with E-state index in [0.717, 1.165) is 32.4 Å². The Balaban J connectivity index is 0.00000133.